The van der Waals surface area contributed by atoms with Gasteiger partial charge in [-0.05, 0) is 23.8 Å². The molecule has 1 atom stereocenters. The summed E-state index contributed by atoms with van der Waals surface area (Å²) in [6.45, 7) is 6.04. The van der Waals surface area contributed by atoms with Crippen LogP contribution in [-0.4, -0.2) is 23.9 Å². The largest absolute Gasteiger partial charge is 0.341 e. The molecule has 1 aromatic carbocycles. The first-order valence-electron chi connectivity index (χ1n) is 7.89. The monoisotopic (exact) mass is 284 g/mol. The van der Waals surface area contributed by atoms with Gasteiger partial charge in [0.2, 0.25) is 5.91 Å². The zero-order valence-corrected chi connectivity index (χ0v) is 13.0. The van der Waals surface area contributed by atoms with Crippen LogP contribution in [-0.2, 0) is 4.79 Å². The normalized spacial score (nSPS) is 18.8. The molecule has 0 saturated carbocycles. The lowest BCUT2D eigenvalue weighted by molar-refractivity contribution is -0.134. The second-order valence-corrected chi connectivity index (χ2v) is 6.01. The molecule has 1 aliphatic rings. The third kappa shape index (κ3) is 3.26. The fraction of sp³-hybridized carbons (Fsp3) is 0.556. The topological polar surface area (TPSA) is 44.1 Å². The summed E-state index contributed by atoms with van der Waals surface area (Å²) < 4.78 is 0. The van der Waals surface area contributed by atoms with Crippen LogP contribution in [0.3, 0.4) is 0 Å². The van der Waals surface area contributed by atoms with E-state index in [1.807, 2.05) is 35.2 Å². The molecular weight excluding hydrogens is 260 g/mol. The number of carbonyl (C=O) groups is 1. The third-order valence-electron chi connectivity index (χ3n) is 5.14. The Labute approximate surface area is 127 Å². The quantitative estimate of drug-likeness (QED) is 0.845. The van der Waals surface area contributed by atoms with E-state index in [1.165, 1.54) is 12.8 Å². The van der Waals surface area contributed by atoms with Crippen LogP contribution in [0.2, 0.25) is 0 Å². The number of nitrogens with zero attached hydrogens (tertiary/aromatic N) is 2. The van der Waals surface area contributed by atoms with Crippen LogP contribution in [0.4, 0.5) is 0 Å². The highest BCUT2D eigenvalue weighted by atomic mass is 16.2. The molecule has 1 aromatic rings. The molecule has 3 heteroatoms. The van der Waals surface area contributed by atoms with Gasteiger partial charge in [0.15, 0.2) is 0 Å². The summed E-state index contributed by atoms with van der Waals surface area (Å²) in [7, 11) is 0. The first-order valence-corrected chi connectivity index (χ1v) is 7.89. The van der Waals surface area contributed by atoms with E-state index in [-0.39, 0.29) is 5.91 Å². The SMILES string of the molecule is CCC1(CC)CCN(C(=O)C(C#N)c2ccccc2)CC1. The van der Waals surface area contributed by atoms with Crippen molar-refractivity contribution in [3.8, 4) is 6.07 Å². The Balaban J connectivity index is 2.06. The molecule has 112 valence electrons. The van der Waals surface area contributed by atoms with Crippen molar-refractivity contribution in [3.05, 3.63) is 35.9 Å². The Morgan fingerprint density at radius 3 is 2.29 bits per heavy atom. The van der Waals surface area contributed by atoms with Gasteiger partial charge in [-0.25, -0.2) is 0 Å². The highest BCUT2D eigenvalue weighted by Gasteiger charge is 2.35. The summed E-state index contributed by atoms with van der Waals surface area (Å²) >= 11 is 0. The Morgan fingerprint density at radius 2 is 1.81 bits per heavy atom. The molecule has 21 heavy (non-hydrogen) atoms. The smallest absolute Gasteiger partial charge is 0.244 e. The number of nitriles is 1. The van der Waals surface area contributed by atoms with Crippen molar-refractivity contribution < 1.29 is 4.79 Å². The van der Waals surface area contributed by atoms with Gasteiger partial charge in [-0.3, -0.25) is 4.79 Å². The van der Waals surface area contributed by atoms with Gasteiger partial charge in [-0.2, -0.15) is 5.26 Å². The van der Waals surface area contributed by atoms with Crippen LogP contribution in [0.15, 0.2) is 30.3 Å². The van der Waals surface area contributed by atoms with E-state index in [0.29, 0.717) is 5.41 Å². The van der Waals surface area contributed by atoms with Gasteiger partial charge >= 0.3 is 0 Å². The average molecular weight is 284 g/mol. The fourth-order valence-electron chi connectivity index (χ4n) is 3.26. The van der Waals surface area contributed by atoms with Crippen LogP contribution in [0, 0.1) is 16.7 Å². The fourth-order valence-corrected chi connectivity index (χ4v) is 3.26. The standard InChI is InChI=1S/C18H24N2O/c1-3-18(4-2)10-12-20(13-11-18)17(21)16(14-19)15-8-6-5-7-9-15/h5-9,16H,3-4,10-13H2,1-2H3. The van der Waals surface area contributed by atoms with Crippen LogP contribution in [0.1, 0.15) is 51.0 Å². The van der Waals surface area contributed by atoms with Crippen LogP contribution in [0.5, 0.6) is 0 Å². The maximum absolute atomic E-state index is 12.6. The Kier molecular flexibility index (Phi) is 5.01. The molecule has 0 N–H and O–H groups in total. The summed E-state index contributed by atoms with van der Waals surface area (Å²) in [4.78, 5) is 14.5. The maximum Gasteiger partial charge on any atom is 0.244 e. The van der Waals surface area contributed by atoms with Crippen molar-refractivity contribution in [2.24, 2.45) is 5.41 Å². The Morgan fingerprint density at radius 1 is 1.24 bits per heavy atom. The van der Waals surface area contributed by atoms with Crippen molar-refractivity contribution in [3.63, 3.8) is 0 Å². The lowest BCUT2D eigenvalue weighted by Crippen LogP contribution is -2.44. The van der Waals surface area contributed by atoms with Crippen molar-refractivity contribution in [1.82, 2.24) is 4.90 Å². The molecule has 0 bridgehead atoms. The number of amides is 1. The predicted octanol–water partition coefficient (Wildman–Crippen LogP) is 3.72. The zero-order chi connectivity index (χ0) is 15.3. The number of piperidine rings is 1. The van der Waals surface area contributed by atoms with E-state index in [4.69, 9.17) is 0 Å². The number of rotatable bonds is 4. The molecule has 1 amide bonds. The first kappa shape index (κ1) is 15.6. The zero-order valence-electron chi connectivity index (χ0n) is 13.0. The van der Waals surface area contributed by atoms with Crippen molar-refractivity contribution >= 4 is 5.91 Å². The van der Waals surface area contributed by atoms with Gasteiger partial charge in [-0.15, -0.1) is 0 Å². The lowest BCUT2D eigenvalue weighted by Gasteiger charge is -2.41. The molecule has 0 radical (unpaired) electrons. The molecule has 0 aliphatic carbocycles. The summed E-state index contributed by atoms with van der Waals surface area (Å²) in [6, 6.07) is 11.5. The molecule has 1 fully saturated rings. The number of likely N-dealkylation sites (tertiary alicyclic amines) is 1. The summed E-state index contributed by atoms with van der Waals surface area (Å²) in [5.41, 5.74) is 1.19. The molecule has 0 spiro atoms. The second-order valence-electron chi connectivity index (χ2n) is 6.01. The van der Waals surface area contributed by atoms with Crippen molar-refractivity contribution in [2.45, 2.75) is 45.4 Å². The predicted molar refractivity (Wildman–Crippen MR) is 83.6 cm³/mol. The molecular formula is C18H24N2O. The van der Waals surface area contributed by atoms with Gasteiger partial charge in [0.25, 0.3) is 0 Å². The van der Waals surface area contributed by atoms with Gasteiger partial charge in [0.05, 0.1) is 6.07 Å². The number of hydrogen-bond donors (Lipinski definition) is 0. The highest BCUT2D eigenvalue weighted by molar-refractivity contribution is 5.86. The molecule has 3 nitrogen and oxygen atoms in total. The molecule has 1 unspecified atom stereocenters. The summed E-state index contributed by atoms with van der Waals surface area (Å²) in [6.07, 6.45) is 4.45. The minimum Gasteiger partial charge on any atom is -0.341 e. The lowest BCUT2D eigenvalue weighted by atomic mass is 9.74. The molecule has 1 aliphatic heterocycles. The number of hydrogen-bond acceptors (Lipinski definition) is 2. The maximum atomic E-state index is 12.6. The van der Waals surface area contributed by atoms with E-state index in [9.17, 15) is 10.1 Å². The van der Waals surface area contributed by atoms with Crippen LogP contribution >= 0.6 is 0 Å². The Hall–Kier alpha value is -1.82. The van der Waals surface area contributed by atoms with Gasteiger partial charge in [-0.1, -0.05) is 57.0 Å². The molecule has 2 rings (SSSR count). The van der Waals surface area contributed by atoms with Crippen LogP contribution < -0.4 is 0 Å². The highest BCUT2D eigenvalue weighted by Crippen LogP contribution is 2.38. The first-order chi connectivity index (χ1) is 10.2. The molecule has 1 saturated heterocycles. The van der Waals surface area contributed by atoms with E-state index in [1.54, 1.807) is 0 Å². The van der Waals surface area contributed by atoms with E-state index >= 15 is 0 Å². The Bertz CT molecular complexity index is 504. The van der Waals surface area contributed by atoms with E-state index < -0.39 is 5.92 Å². The van der Waals surface area contributed by atoms with Crippen LogP contribution in [0.25, 0.3) is 0 Å². The minimum atomic E-state index is -0.665. The van der Waals surface area contributed by atoms with E-state index in [2.05, 4.69) is 19.9 Å². The summed E-state index contributed by atoms with van der Waals surface area (Å²) in [5, 5.41) is 9.38. The van der Waals surface area contributed by atoms with Gasteiger partial charge in [0, 0.05) is 13.1 Å². The average Bonchev–Trinajstić information content (AvgIpc) is 2.56. The second kappa shape index (κ2) is 6.76. The van der Waals surface area contributed by atoms with Gasteiger partial charge < -0.3 is 4.90 Å². The molecule has 0 aromatic heterocycles. The van der Waals surface area contributed by atoms with Crippen molar-refractivity contribution in [2.75, 3.05) is 13.1 Å². The van der Waals surface area contributed by atoms with E-state index in [0.717, 1.165) is 31.5 Å². The number of carbonyl (C=O) groups excluding carboxylic acids is 1. The van der Waals surface area contributed by atoms with Gasteiger partial charge in [0.1, 0.15) is 5.92 Å². The molecule has 1 heterocycles. The van der Waals surface area contributed by atoms with Crippen molar-refractivity contribution in [1.29, 1.82) is 5.26 Å². The summed E-state index contributed by atoms with van der Waals surface area (Å²) in [5.74, 6) is -0.702. The minimum absolute atomic E-state index is 0.0375. The third-order valence-corrected chi connectivity index (χ3v) is 5.14. The number of benzene rings is 1.